The molecule has 0 unspecified atom stereocenters. The zero-order valence-electron chi connectivity index (χ0n) is 8.67. The largest absolute Gasteiger partial charge is 0.312 e. The van der Waals surface area contributed by atoms with Crippen molar-refractivity contribution in [3.63, 3.8) is 0 Å². The molecule has 1 aromatic rings. The van der Waals surface area contributed by atoms with Gasteiger partial charge in [-0.15, -0.1) is 0 Å². The number of rotatable bonds is 1. The van der Waals surface area contributed by atoms with Crippen LogP contribution in [0.3, 0.4) is 0 Å². The molecule has 0 saturated heterocycles. The van der Waals surface area contributed by atoms with Gasteiger partial charge in [0.15, 0.2) is 0 Å². The summed E-state index contributed by atoms with van der Waals surface area (Å²) in [5, 5.41) is 3.34. The van der Waals surface area contributed by atoms with Crippen molar-refractivity contribution in [1.82, 2.24) is 15.3 Å². The molecule has 0 spiro atoms. The van der Waals surface area contributed by atoms with Crippen molar-refractivity contribution < 1.29 is 0 Å². The molecule has 2 rings (SSSR count). The van der Waals surface area contributed by atoms with E-state index in [1.807, 2.05) is 20.0 Å². The molecular formula is C11H15N3. The standard InChI is InChI=1S/C11H15N3/c1-8-6-13-9(2)11(14-8)10-4-3-5-12-7-10/h4,6,12H,3,5,7H2,1-2H3. The third-order valence-corrected chi connectivity index (χ3v) is 2.41. The van der Waals surface area contributed by atoms with Crippen molar-refractivity contribution in [2.45, 2.75) is 20.3 Å². The normalized spacial score (nSPS) is 16.6. The molecule has 74 valence electrons. The molecule has 3 nitrogen and oxygen atoms in total. The Bertz CT molecular complexity index is 369. The molecule has 1 aromatic heterocycles. The summed E-state index contributed by atoms with van der Waals surface area (Å²) in [5.41, 5.74) is 4.34. The molecule has 0 radical (unpaired) electrons. The van der Waals surface area contributed by atoms with Gasteiger partial charge < -0.3 is 5.32 Å². The lowest BCUT2D eigenvalue weighted by Crippen LogP contribution is -2.22. The number of aryl methyl sites for hydroxylation is 2. The van der Waals surface area contributed by atoms with Crippen LogP contribution in [0, 0.1) is 13.8 Å². The summed E-state index contributed by atoms with van der Waals surface area (Å²) in [6, 6.07) is 0. The van der Waals surface area contributed by atoms with Gasteiger partial charge in [-0.2, -0.15) is 0 Å². The maximum absolute atomic E-state index is 4.53. The van der Waals surface area contributed by atoms with Crippen molar-refractivity contribution in [3.05, 3.63) is 29.4 Å². The van der Waals surface area contributed by atoms with Crippen molar-refractivity contribution in [1.29, 1.82) is 0 Å². The third-order valence-electron chi connectivity index (χ3n) is 2.41. The van der Waals surface area contributed by atoms with Gasteiger partial charge in [0.05, 0.1) is 17.1 Å². The second kappa shape index (κ2) is 3.88. The van der Waals surface area contributed by atoms with Gasteiger partial charge in [-0.05, 0) is 32.4 Å². The van der Waals surface area contributed by atoms with Gasteiger partial charge in [0.2, 0.25) is 0 Å². The van der Waals surface area contributed by atoms with E-state index >= 15 is 0 Å². The van der Waals surface area contributed by atoms with E-state index in [0.717, 1.165) is 36.6 Å². The van der Waals surface area contributed by atoms with Crippen LogP contribution in [0.1, 0.15) is 23.5 Å². The Labute approximate surface area is 84.3 Å². The highest BCUT2D eigenvalue weighted by atomic mass is 14.9. The molecule has 1 aliphatic rings. The Balaban J connectivity index is 2.39. The fourth-order valence-electron chi connectivity index (χ4n) is 1.67. The van der Waals surface area contributed by atoms with E-state index in [2.05, 4.69) is 21.4 Å². The Morgan fingerprint density at radius 3 is 2.93 bits per heavy atom. The summed E-state index contributed by atoms with van der Waals surface area (Å²) < 4.78 is 0. The van der Waals surface area contributed by atoms with Crippen LogP contribution in [0.5, 0.6) is 0 Å². The van der Waals surface area contributed by atoms with Gasteiger partial charge in [-0.25, -0.2) is 4.98 Å². The second-order valence-corrected chi connectivity index (χ2v) is 3.64. The average Bonchev–Trinajstić information content (AvgIpc) is 2.23. The van der Waals surface area contributed by atoms with Gasteiger partial charge in [0.1, 0.15) is 0 Å². The summed E-state index contributed by atoms with van der Waals surface area (Å²) in [5.74, 6) is 0. The average molecular weight is 189 g/mol. The summed E-state index contributed by atoms with van der Waals surface area (Å²) >= 11 is 0. The molecule has 0 aliphatic carbocycles. The van der Waals surface area contributed by atoms with Crippen molar-refractivity contribution in [3.8, 4) is 0 Å². The summed E-state index contributed by atoms with van der Waals surface area (Å²) in [6.45, 7) is 5.98. The first-order valence-electron chi connectivity index (χ1n) is 4.98. The third kappa shape index (κ3) is 1.82. The molecule has 1 N–H and O–H groups in total. The summed E-state index contributed by atoms with van der Waals surface area (Å²) in [4.78, 5) is 8.85. The molecule has 0 atom stereocenters. The number of nitrogens with zero attached hydrogens (tertiary/aromatic N) is 2. The van der Waals surface area contributed by atoms with E-state index < -0.39 is 0 Å². The highest BCUT2D eigenvalue weighted by Crippen LogP contribution is 2.17. The quantitative estimate of drug-likeness (QED) is 0.727. The minimum atomic E-state index is 0.916. The van der Waals surface area contributed by atoms with Crippen LogP contribution in [0.4, 0.5) is 0 Å². The van der Waals surface area contributed by atoms with Crippen LogP contribution in [0.15, 0.2) is 12.3 Å². The fraction of sp³-hybridized carbons (Fsp3) is 0.455. The highest BCUT2D eigenvalue weighted by Gasteiger charge is 2.10. The SMILES string of the molecule is Cc1cnc(C)c(C2=CCCNC2)n1. The predicted octanol–water partition coefficient (Wildman–Crippen LogP) is 1.47. The summed E-state index contributed by atoms with van der Waals surface area (Å²) in [7, 11) is 0. The number of hydrogen-bond acceptors (Lipinski definition) is 3. The zero-order valence-corrected chi connectivity index (χ0v) is 8.67. The van der Waals surface area contributed by atoms with Gasteiger partial charge in [0, 0.05) is 12.7 Å². The molecule has 0 bridgehead atoms. The lowest BCUT2D eigenvalue weighted by Gasteiger charge is -2.15. The Morgan fingerprint density at radius 1 is 1.36 bits per heavy atom. The molecule has 0 amide bonds. The van der Waals surface area contributed by atoms with Crippen LogP contribution in [0.25, 0.3) is 5.57 Å². The van der Waals surface area contributed by atoms with E-state index in [-0.39, 0.29) is 0 Å². The van der Waals surface area contributed by atoms with Crippen LogP contribution < -0.4 is 5.32 Å². The molecule has 3 heteroatoms. The molecule has 2 heterocycles. The van der Waals surface area contributed by atoms with E-state index in [0.29, 0.717) is 0 Å². The van der Waals surface area contributed by atoms with Crippen LogP contribution in [0.2, 0.25) is 0 Å². The Hall–Kier alpha value is -1.22. The molecule has 0 saturated carbocycles. The van der Waals surface area contributed by atoms with E-state index in [9.17, 15) is 0 Å². The first kappa shape index (κ1) is 9.34. The van der Waals surface area contributed by atoms with E-state index in [1.165, 1.54) is 5.57 Å². The maximum Gasteiger partial charge on any atom is 0.0887 e. The minimum Gasteiger partial charge on any atom is -0.312 e. The lowest BCUT2D eigenvalue weighted by atomic mass is 10.1. The van der Waals surface area contributed by atoms with Crippen LogP contribution >= 0.6 is 0 Å². The van der Waals surface area contributed by atoms with Gasteiger partial charge in [-0.3, -0.25) is 4.98 Å². The Morgan fingerprint density at radius 2 is 2.21 bits per heavy atom. The first-order valence-corrected chi connectivity index (χ1v) is 4.98. The van der Waals surface area contributed by atoms with E-state index in [4.69, 9.17) is 0 Å². The zero-order chi connectivity index (χ0) is 9.97. The minimum absolute atomic E-state index is 0.916. The molecule has 14 heavy (non-hydrogen) atoms. The van der Waals surface area contributed by atoms with Gasteiger partial charge in [0.25, 0.3) is 0 Å². The molecular weight excluding hydrogens is 174 g/mol. The first-order chi connectivity index (χ1) is 6.77. The fourth-order valence-corrected chi connectivity index (χ4v) is 1.67. The Kier molecular flexibility index (Phi) is 2.59. The van der Waals surface area contributed by atoms with Crippen molar-refractivity contribution >= 4 is 5.57 Å². The van der Waals surface area contributed by atoms with Gasteiger partial charge in [-0.1, -0.05) is 6.08 Å². The van der Waals surface area contributed by atoms with Crippen LogP contribution in [-0.4, -0.2) is 23.1 Å². The number of nitrogens with one attached hydrogen (secondary N) is 1. The second-order valence-electron chi connectivity index (χ2n) is 3.64. The topological polar surface area (TPSA) is 37.8 Å². The number of aromatic nitrogens is 2. The molecule has 0 aromatic carbocycles. The smallest absolute Gasteiger partial charge is 0.0887 e. The predicted molar refractivity (Wildman–Crippen MR) is 57.0 cm³/mol. The highest BCUT2D eigenvalue weighted by molar-refractivity contribution is 5.66. The monoisotopic (exact) mass is 189 g/mol. The van der Waals surface area contributed by atoms with Crippen molar-refractivity contribution in [2.75, 3.05) is 13.1 Å². The maximum atomic E-state index is 4.53. The van der Waals surface area contributed by atoms with E-state index in [1.54, 1.807) is 0 Å². The summed E-state index contributed by atoms with van der Waals surface area (Å²) in [6.07, 6.45) is 5.16. The van der Waals surface area contributed by atoms with Gasteiger partial charge >= 0.3 is 0 Å². The lowest BCUT2D eigenvalue weighted by molar-refractivity contribution is 0.735. The number of hydrogen-bond donors (Lipinski definition) is 1. The molecule has 1 aliphatic heterocycles. The van der Waals surface area contributed by atoms with Crippen molar-refractivity contribution in [2.24, 2.45) is 0 Å². The molecule has 0 fully saturated rings. The van der Waals surface area contributed by atoms with Crippen LogP contribution in [-0.2, 0) is 0 Å².